The van der Waals surface area contributed by atoms with Crippen molar-refractivity contribution in [3.05, 3.63) is 18.0 Å². The van der Waals surface area contributed by atoms with Gasteiger partial charge >= 0.3 is 0 Å². The second kappa shape index (κ2) is 2.55. The van der Waals surface area contributed by atoms with Crippen molar-refractivity contribution in [1.29, 1.82) is 0 Å². The molecule has 1 aromatic heterocycles. The van der Waals surface area contributed by atoms with Crippen LogP contribution in [0.1, 0.15) is 5.56 Å². The van der Waals surface area contributed by atoms with Gasteiger partial charge in [-0.25, -0.2) is 23.5 Å². The molecule has 0 spiro atoms. The van der Waals surface area contributed by atoms with E-state index in [0.717, 1.165) is 5.56 Å². The highest BCUT2D eigenvalue weighted by molar-refractivity contribution is 7.89. The van der Waals surface area contributed by atoms with Gasteiger partial charge in [0, 0.05) is 12.4 Å². The van der Waals surface area contributed by atoms with Crippen molar-refractivity contribution < 1.29 is 8.42 Å². The largest absolute Gasteiger partial charge is 0.273 e. The topological polar surface area (TPSA) is 85.9 Å². The maximum absolute atomic E-state index is 10.6. The third-order valence-electron chi connectivity index (χ3n) is 1.01. The molecule has 11 heavy (non-hydrogen) atoms. The monoisotopic (exact) mass is 173 g/mol. The number of aromatic nitrogens is 2. The van der Waals surface area contributed by atoms with Crippen LogP contribution >= 0.6 is 0 Å². The van der Waals surface area contributed by atoms with Gasteiger partial charge in [-0.3, -0.25) is 0 Å². The Morgan fingerprint density at radius 3 is 2.18 bits per heavy atom. The van der Waals surface area contributed by atoms with Gasteiger partial charge in [-0.05, 0) is 12.5 Å². The van der Waals surface area contributed by atoms with Crippen LogP contribution in [-0.4, -0.2) is 18.4 Å². The van der Waals surface area contributed by atoms with Crippen molar-refractivity contribution in [3.63, 3.8) is 0 Å². The summed E-state index contributed by atoms with van der Waals surface area (Å²) in [6.45, 7) is 1.76. The van der Waals surface area contributed by atoms with Gasteiger partial charge in [0.2, 0.25) is 0 Å². The molecule has 1 rings (SSSR count). The van der Waals surface area contributed by atoms with Crippen LogP contribution in [0.2, 0.25) is 0 Å². The zero-order valence-electron chi connectivity index (χ0n) is 5.85. The van der Waals surface area contributed by atoms with Gasteiger partial charge in [0.25, 0.3) is 15.2 Å². The Morgan fingerprint density at radius 2 is 1.82 bits per heavy atom. The normalized spacial score (nSPS) is 11.5. The summed E-state index contributed by atoms with van der Waals surface area (Å²) >= 11 is 0. The number of rotatable bonds is 1. The zero-order valence-corrected chi connectivity index (χ0v) is 6.67. The second-order valence-corrected chi connectivity index (χ2v) is 3.54. The molecule has 0 radical (unpaired) electrons. The first-order valence-corrected chi connectivity index (χ1v) is 4.36. The fourth-order valence-corrected chi connectivity index (χ4v) is 0.927. The molecular weight excluding hydrogens is 166 g/mol. The smallest absolute Gasteiger partial charge is 0.225 e. The Bertz CT molecular complexity index is 342. The van der Waals surface area contributed by atoms with Crippen molar-refractivity contribution in [3.8, 4) is 0 Å². The molecule has 0 aliphatic carbocycles. The highest BCUT2D eigenvalue weighted by Crippen LogP contribution is 1.97. The van der Waals surface area contributed by atoms with E-state index in [1.165, 1.54) is 12.4 Å². The minimum atomic E-state index is -3.74. The molecule has 60 valence electrons. The summed E-state index contributed by atoms with van der Waals surface area (Å²) in [7, 11) is -3.74. The van der Waals surface area contributed by atoms with E-state index in [4.69, 9.17) is 5.14 Å². The fourth-order valence-electron chi connectivity index (χ4n) is 0.528. The Kier molecular flexibility index (Phi) is 1.88. The molecule has 0 bridgehead atoms. The molecule has 0 unspecified atom stereocenters. The highest BCUT2D eigenvalue weighted by atomic mass is 32.2. The first kappa shape index (κ1) is 8.09. The standard InChI is InChI=1S/C5H7N3O2S/c1-4-2-7-5(8-3-4)11(6,9)10/h2-3H,1H3,(H2,6,9,10). The van der Waals surface area contributed by atoms with Gasteiger partial charge in [0.15, 0.2) is 0 Å². The van der Waals surface area contributed by atoms with Crippen molar-refractivity contribution in [2.75, 3.05) is 0 Å². The van der Waals surface area contributed by atoms with Gasteiger partial charge in [-0.1, -0.05) is 0 Å². The number of primary sulfonamides is 1. The molecule has 0 amide bonds. The predicted molar refractivity (Wildman–Crippen MR) is 38.1 cm³/mol. The fraction of sp³-hybridized carbons (Fsp3) is 0.200. The lowest BCUT2D eigenvalue weighted by molar-refractivity contribution is 0.588. The van der Waals surface area contributed by atoms with Crippen molar-refractivity contribution >= 4 is 10.0 Å². The summed E-state index contributed by atoms with van der Waals surface area (Å²) in [6, 6.07) is 0. The van der Waals surface area contributed by atoms with E-state index in [-0.39, 0.29) is 5.16 Å². The second-order valence-electron chi connectivity index (χ2n) is 2.09. The third kappa shape index (κ3) is 1.95. The van der Waals surface area contributed by atoms with Gasteiger partial charge in [-0.15, -0.1) is 0 Å². The molecule has 0 atom stereocenters. The van der Waals surface area contributed by atoms with Crippen LogP contribution in [0, 0.1) is 6.92 Å². The van der Waals surface area contributed by atoms with Gasteiger partial charge in [0.1, 0.15) is 0 Å². The minimum absolute atomic E-state index is 0.344. The van der Waals surface area contributed by atoms with Crippen molar-refractivity contribution in [1.82, 2.24) is 9.97 Å². The van der Waals surface area contributed by atoms with Crippen LogP contribution < -0.4 is 5.14 Å². The van der Waals surface area contributed by atoms with E-state index >= 15 is 0 Å². The summed E-state index contributed by atoms with van der Waals surface area (Å²) in [5.74, 6) is 0. The summed E-state index contributed by atoms with van der Waals surface area (Å²) in [5, 5.41) is 4.41. The van der Waals surface area contributed by atoms with Crippen LogP contribution in [0.5, 0.6) is 0 Å². The minimum Gasteiger partial charge on any atom is -0.225 e. The van der Waals surface area contributed by atoms with Crippen LogP contribution in [0.4, 0.5) is 0 Å². The summed E-state index contributed by atoms with van der Waals surface area (Å²) in [5.41, 5.74) is 0.789. The molecule has 0 aromatic carbocycles. The number of nitrogens with two attached hydrogens (primary N) is 1. The van der Waals surface area contributed by atoms with E-state index in [2.05, 4.69) is 9.97 Å². The highest BCUT2D eigenvalue weighted by Gasteiger charge is 2.09. The Hall–Kier alpha value is -1.01. The lowest BCUT2D eigenvalue weighted by atomic mass is 10.4. The van der Waals surface area contributed by atoms with E-state index < -0.39 is 10.0 Å². The molecule has 0 saturated carbocycles. The third-order valence-corrected chi connectivity index (χ3v) is 1.73. The first-order valence-electron chi connectivity index (χ1n) is 2.81. The van der Waals surface area contributed by atoms with E-state index in [9.17, 15) is 8.42 Å². The number of hydrogen-bond donors (Lipinski definition) is 1. The number of sulfonamides is 1. The molecule has 1 heterocycles. The first-order chi connectivity index (χ1) is 5.00. The molecule has 0 aliphatic rings. The molecule has 0 saturated heterocycles. The molecule has 6 heteroatoms. The van der Waals surface area contributed by atoms with Crippen LogP contribution in [0.15, 0.2) is 17.6 Å². The lowest BCUT2D eigenvalue weighted by Gasteiger charge is -1.94. The van der Waals surface area contributed by atoms with E-state index in [1.54, 1.807) is 6.92 Å². The Morgan fingerprint density at radius 1 is 1.36 bits per heavy atom. The van der Waals surface area contributed by atoms with E-state index in [1.807, 2.05) is 0 Å². The predicted octanol–water partition coefficient (Wildman–Crippen LogP) is -0.568. The van der Waals surface area contributed by atoms with Crippen LogP contribution in [0.25, 0.3) is 0 Å². The quantitative estimate of drug-likeness (QED) is 0.576. The van der Waals surface area contributed by atoms with Gasteiger partial charge < -0.3 is 0 Å². The van der Waals surface area contributed by atoms with Gasteiger partial charge in [-0.2, -0.15) is 0 Å². The van der Waals surface area contributed by atoms with Crippen molar-refractivity contribution in [2.45, 2.75) is 12.1 Å². The molecule has 2 N–H and O–H groups in total. The maximum Gasteiger partial charge on any atom is 0.273 e. The average molecular weight is 173 g/mol. The van der Waals surface area contributed by atoms with Crippen LogP contribution in [-0.2, 0) is 10.0 Å². The lowest BCUT2D eigenvalue weighted by Crippen LogP contribution is -2.15. The SMILES string of the molecule is Cc1cnc(S(N)(=O)=O)nc1. The zero-order chi connectivity index (χ0) is 8.48. The number of nitrogens with zero attached hydrogens (tertiary/aromatic N) is 2. The molecule has 5 nitrogen and oxygen atoms in total. The molecule has 0 aliphatic heterocycles. The number of hydrogen-bond acceptors (Lipinski definition) is 4. The average Bonchev–Trinajstić information content (AvgIpc) is 1.86. The molecule has 1 aromatic rings. The summed E-state index contributed by atoms with van der Waals surface area (Å²) in [6.07, 6.45) is 2.79. The number of aryl methyl sites for hydroxylation is 1. The maximum atomic E-state index is 10.6. The van der Waals surface area contributed by atoms with Crippen molar-refractivity contribution in [2.24, 2.45) is 5.14 Å². The van der Waals surface area contributed by atoms with E-state index in [0.29, 0.717) is 0 Å². The molecular formula is C5H7N3O2S. The summed E-state index contributed by atoms with van der Waals surface area (Å²) < 4.78 is 21.2. The van der Waals surface area contributed by atoms with Gasteiger partial charge in [0.05, 0.1) is 0 Å². The summed E-state index contributed by atoms with van der Waals surface area (Å²) in [4.78, 5) is 7.05. The Balaban J connectivity index is 3.20. The molecule has 0 fully saturated rings. The Labute approximate surface area is 64.3 Å². The van der Waals surface area contributed by atoms with Crippen LogP contribution in [0.3, 0.4) is 0 Å².